The van der Waals surface area contributed by atoms with E-state index in [-0.39, 0.29) is 19.2 Å². The zero-order valence-electron chi connectivity index (χ0n) is 16.5. The van der Waals surface area contributed by atoms with Crippen LogP contribution in [0.2, 0.25) is 0 Å². The Labute approximate surface area is 170 Å². The summed E-state index contributed by atoms with van der Waals surface area (Å²) in [5.41, 5.74) is 4.10. The SMILES string of the molecule is O=C(OCCO)c1cccc(CN2CCCC(Cc3ccc4[nH]ncc4c3)C2)c1. The van der Waals surface area contributed by atoms with Gasteiger partial charge in [0.05, 0.1) is 23.9 Å². The van der Waals surface area contributed by atoms with Crippen LogP contribution in [0.15, 0.2) is 48.7 Å². The molecule has 2 heterocycles. The maximum Gasteiger partial charge on any atom is 0.338 e. The molecule has 0 aliphatic carbocycles. The first kappa shape index (κ1) is 19.6. The van der Waals surface area contributed by atoms with Crippen molar-refractivity contribution in [3.05, 3.63) is 65.4 Å². The molecule has 1 aliphatic rings. The van der Waals surface area contributed by atoms with Crippen molar-refractivity contribution in [3.63, 3.8) is 0 Å². The normalized spacial score (nSPS) is 17.5. The minimum absolute atomic E-state index is 0.0292. The molecule has 1 aliphatic heterocycles. The van der Waals surface area contributed by atoms with Gasteiger partial charge in [-0.2, -0.15) is 5.10 Å². The predicted octanol–water partition coefficient (Wildman–Crippen LogP) is 3.17. The maximum atomic E-state index is 12.0. The van der Waals surface area contributed by atoms with Gasteiger partial charge in [0.25, 0.3) is 0 Å². The average molecular weight is 393 g/mol. The first-order valence-corrected chi connectivity index (χ1v) is 10.2. The van der Waals surface area contributed by atoms with Crippen LogP contribution < -0.4 is 0 Å². The molecule has 1 unspecified atom stereocenters. The molecule has 6 heteroatoms. The van der Waals surface area contributed by atoms with Crippen molar-refractivity contribution in [2.75, 3.05) is 26.3 Å². The molecule has 6 nitrogen and oxygen atoms in total. The lowest BCUT2D eigenvalue weighted by atomic mass is 9.90. The summed E-state index contributed by atoms with van der Waals surface area (Å²) in [6.45, 7) is 2.84. The number of hydrogen-bond acceptors (Lipinski definition) is 5. The van der Waals surface area contributed by atoms with Crippen LogP contribution in [-0.4, -0.2) is 52.5 Å². The summed E-state index contributed by atoms with van der Waals surface area (Å²) in [4.78, 5) is 14.5. The molecular formula is C23H27N3O3. The van der Waals surface area contributed by atoms with Crippen molar-refractivity contribution in [1.29, 1.82) is 0 Å². The van der Waals surface area contributed by atoms with Gasteiger partial charge in [0.1, 0.15) is 6.61 Å². The minimum atomic E-state index is -0.382. The summed E-state index contributed by atoms with van der Waals surface area (Å²) in [6.07, 6.45) is 5.39. The Kier molecular flexibility index (Phi) is 6.22. The molecule has 1 aromatic heterocycles. The molecule has 1 saturated heterocycles. The smallest absolute Gasteiger partial charge is 0.338 e. The molecule has 0 bridgehead atoms. The van der Waals surface area contributed by atoms with Gasteiger partial charge in [0.15, 0.2) is 0 Å². The van der Waals surface area contributed by atoms with E-state index >= 15 is 0 Å². The third-order valence-electron chi connectivity index (χ3n) is 5.53. The highest BCUT2D eigenvalue weighted by Gasteiger charge is 2.21. The molecular weight excluding hydrogens is 366 g/mol. The van der Waals surface area contributed by atoms with Gasteiger partial charge in [-0.3, -0.25) is 10.00 Å². The number of H-pyrrole nitrogens is 1. The lowest BCUT2D eigenvalue weighted by Crippen LogP contribution is -2.35. The van der Waals surface area contributed by atoms with Crippen molar-refractivity contribution in [1.82, 2.24) is 15.1 Å². The van der Waals surface area contributed by atoms with Gasteiger partial charge in [-0.15, -0.1) is 0 Å². The number of likely N-dealkylation sites (tertiary alicyclic amines) is 1. The van der Waals surface area contributed by atoms with Gasteiger partial charge in [-0.25, -0.2) is 4.79 Å². The van der Waals surface area contributed by atoms with Crippen molar-refractivity contribution in [3.8, 4) is 0 Å². The molecule has 0 radical (unpaired) electrons. The fraction of sp³-hybridized carbons (Fsp3) is 0.391. The zero-order valence-corrected chi connectivity index (χ0v) is 16.5. The molecule has 152 valence electrons. The van der Waals surface area contributed by atoms with Crippen LogP contribution in [0.4, 0.5) is 0 Å². The highest BCUT2D eigenvalue weighted by Crippen LogP contribution is 2.24. The Hall–Kier alpha value is -2.70. The summed E-state index contributed by atoms with van der Waals surface area (Å²) in [5.74, 6) is 0.248. The van der Waals surface area contributed by atoms with E-state index in [1.54, 1.807) is 6.07 Å². The second-order valence-electron chi connectivity index (χ2n) is 7.80. The number of piperidine rings is 1. The number of aromatic nitrogens is 2. The monoisotopic (exact) mass is 393 g/mol. The van der Waals surface area contributed by atoms with Crippen LogP contribution in [0, 0.1) is 5.92 Å². The highest BCUT2D eigenvalue weighted by atomic mass is 16.5. The van der Waals surface area contributed by atoms with Gasteiger partial charge in [-0.05, 0) is 67.1 Å². The Morgan fingerprint density at radius 3 is 3.07 bits per heavy atom. The lowest BCUT2D eigenvalue weighted by Gasteiger charge is -2.33. The van der Waals surface area contributed by atoms with E-state index in [4.69, 9.17) is 9.84 Å². The van der Waals surface area contributed by atoms with Gasteiger partial charge in [-0.1, -0.05) is 18.2 Å². The number of esters is 1. The van der Waals surface area contributed by atoms with Gasteiger partial charge < -0.3 is 9.84 Å². The number of nitrogens with one attached hydrogen (secondary N) is 1. The second-order valence-corrected chi connectivity index (χ2v) is 7.80. The number of benzene rings is 2. The van der Waals surface area contributed by atoms with Crippen LogP contribution >= 0.6 is 0 Å². The van der Waals surface area contributed by atoms with E-state index in [0.29, 0.717) is 11.5 Å². The largest absolute Gasteiger partial charge is 0.460 e. The summed E-state index contributed by atoms with van der Waals surface area (Å²) >= 11 is 0. The maximum absolute atomic E-state index is 12.0. The fourth-order valence-corrected chi connectivity index (χ4v) is 4.19. The first-order chi connectivity index (χ1) is 14.2. The summed E-state index contributed by atoms with van der Waals surface area (Å²) in [7, 11) is 0. The van der Waals surface area contributed by atoms with E-state index in [2.05, 4.69) is 39.4 Å². The Morgan fingerprint density at radius 1 is 1.24 bits per heavy atom. The van der Waals surface area contributed by atoms with Gasteiger partial charge in [0, 0.05) is 18.5 Å². The van der Waals surface area contributed by atoms with Crippen molar-refractivity contribution in [2.24, 2.45) is 5.92 Å². The van der Waals surface area contributed by atoms with Crippen LogP contribution in [0.3, 0.4) is 0 Å². The number of aliphatic hydroxyl groups excluding tert-OH is 1. The first-order valence-electron chi connectivity index (χ1n) is 10.2. The van der Waals surface area contributed by atoms with E-state index in [1.807, 2.05) is 18.3 Å². The fourth-order valence-electron chi connectivity index (χ4n) is 4.19. The number of carbonyl (C=O) groups excluding carboxylic acids is 1. The van der Waals surface area contributed by atoms with Gasteiger partial charge >= 0.3 is 5.97 Å². The minimum Gasteiger partial charge on any atom is -0.460 e. The summed E-state index contributed by atoms with van der Waals surface area (Å²) in [6, 6.07) is 14.1. The van der Waals surface area contributed by atoms with Crippen LogP contribution in [-0.2, 0) is 17.7 Å². The zero-order chi connectivity index (χ0) is 20.1. The summed E-state index contributed by atoms with van der Waals surface area (Å²) < 4.78 is 5.02. The van der Waals surface area contributed by atoms with Crippen LogP contribution in [0.5, 0.6) is 0 Å². The Morgan fingerprint density at radius 2 is 2.17 bits per heavy atom. The molecule has 1 atom stereocenters. The number of nitrogens with zero attached hydrogens (tertiary/aromatic N) is 2. The number of aromatic amines is 1. The number of hydrogen-bond donors (Lipinski definition) is 2. The Bertz CT molecular complexity index is 969. The van der Waals surface area contributed by atoms with Crippen molar-refractivity contribution in [2.45, 2.75) is 25.8 Å². The number of rotatable bonds is 7. The molecule has 29 heavy (non-hydrogen) atoms. The quantitative estimate of drug-likeness (QED) is 0.603. The summed E-state index contributed by atoms with van der Waals surface area (Å²) in [5, 5.41) is 17.1. The van der Waals surface area contributed by atoms with Crippen molar-refractivity contribution < 1.29 is 14.6 Å². The second kappa shape index (κ2) is 9.20. The number of carbonyl (C=O) groups is 1. The third kappa shape index (κ3) is 5.02. The highest BCUT2D eigenvalue weighted by molar-refractivity contribution is 5.89. The number of fused-ring (bicyclic) bond motifs is 1. The van der Waals surface area contributed by atoms with E-state index < -0.39 is 0 Å². The molecule has 0 spiro atoms. The van der Waals surface area contributed by atoms with Crippen LogP contribution in [0.1, 0.15) is 34.3 Å². The van der Waals surface area contributed by atoms with Crippen LogP contribution in [0.25, 0.3) is 10.9 Å². The molecule has 3 aromatic rings. The number of aliphatic hydroxyl groups is 1. The average Bonchev–Trinajstić information content (AvgIpc) is 3.20. The molecule has 2 aromatic carbocycles. The molecule has 0 saturated carbocycles. The van der Waals surface area contributed by atoms with Crippen molar-refractivity contribution >= 4 is 16.9 Å². The Balaban J connectivity index is 1.36. The lowest BCUT2D eigenvalue weighted by molar-refractivity contribution is 0.0433. The molecule has 4 rings (SSSR count). The van der Waals surface area contributed by atoms with Gasteiger partial charge in [0.2, 0.25) is 0 Å². The standard InChI is InChI=1S/C23H27N3O3/c27-9-10-29-23(28)20-5-1-3-19(13-20)16-26-8-2-4-18(15-26)11-17-6-7-22-21(12-17)14-24-25-22/h1,3,5-7,12-14,18,27H,2,4,8-11,15-16H2,(H,24,25). The van der Waals surface area contributed by atoms with E-state index in [1.165, 1.54) is 23.8 Å². The van der Waals surface area contributed by atoms with E-state index in [9.17, 15) is 4.79 Å². The topological polar surface area (TPSA) is 78.5 Å². The third-order valence-corrected chi connectivity index (χ3v) is 5.53. The predicted molar refractivity (Wildman–Crippen MR) is 112 cm³/mol. The molecule has 2 N–H and O–H groups in total. The van der Waals surface area contributed by atoms with E-state index in [0.717, 1.165) is 37.1 Å². The molecule has 0 amide bonds. The molecule has 1 fully saturated rings. The number of ether oxygens (including phenoxy) is 1.